The molecule has 1 aromatic heterocycles. The summed E-state index contributed by atoms with van der Waals surface area (Å²) < 4.78 is 12.0. The van der Waals surface area contributed by atoms with Crippen LogP contribution < -0.4 is 4.74 Å². The Morgan fingerprint density at radius 3 is 2.75 bits per heavy atom. The maximum atomic E-state index is 13.9. The smallest absolute Gasteiger partial charge is 0.319 e. The van der Waals surface area contributed by atoms with Crippen molar-refractivity contribution in [1.29, 1.82) is 0 Å². The van der Waals surface area contributed by atoms with Gasteiger partial charge in [-0.05, 0) is 68.0 Å². The number of aliphatic hydroxyl groups is 1. The number of ether oxygens (including phenoxy) is 2. The Hall–Kier alpha value is -3.22. The number of piperidine rings is 3. The lowest BCUT2D eigenvalue weighted by atomic mass is 9.73. The van der Waals surface area contributed by atoms with E-state index in [1.54, 1.807) is 20.2 Å². The van der Waals surface area contributed by atoms with Crippen molar-refractivity contribution in [3.05, 3.63) is 84.6 Å². The molecule has 3 fully saturated rings. The zero-order valence-electron chi connectivity index (χ0n) is 21.0. The van der Waals surface area contributed by atoms with E-state index >= 15 is 0 Å². The minimum absolute atomic E-state index is 0.0272. The summed E-state index contributed by atoms with van der Waals surface area (Å²) in [6, 6.07) is 17.1. The van der Waals surface area contributed by atoms with Gasteiger partial charge in [0, 0.05) is 23.7 Å². The van der Waals surface area contributed by atoms with Gasteiger partial charge in [0.25, 0.3) is 0 Å². The van der Waals surface area contributed by atoms with Crippen LogP contribution in [0.4, 0.5) is 0 Å². The molecule has 3 aliphatic heterocycles. The predicted molar refractivity (Wildman–Crippen MR) is 140 cm³/mol. The Balaban J connectivity index is 1.58. The largest absolute Gasteiger partial charge is 0.497 e. The van der Waals surface area contributed by atoms with Crippen LogP contribution in [-0.2, 0) is 14.9 Å². The molecule has 4 heterocycles. The summed E-state index contributed by atoms with van der Waals surface area (Å²) in [5.74, 6) is 1.26. The van der Waals surface area contributed by atoms with Gasteiger partial charge in [0.2, 0.25) is 0 Å². The van der Waals surface area contributed by atoms with Crippen molar-refractivity contribution in [2.24, 2.45) is 11.8 Å². The van der Waals surface area contributed by atoms with Crippen LogP contribution in [0.2, 0.25) is 0 Å². The fourth-order valence-corrected chi connectivity index (χ4v) is 5.89. The van der Waals surface area contributed by atoms with Crippen molar-refractivity contribution in [2.75, 3.05) is 26.8 Å². The minimum atomic E-state index is -1.17. The van der Waals surface area contributed by atoms with Gasteiger partial charge < -0.3 is 14.6 Å². The monoisotopic (exact) mass is 486 g/mol. The van der Waals surface area contributed by atoms with Crippen molar-refractivity contribution in [3.8, 4) is 5.75 Å². The maximum Gasteiger partial charge on any atom is 0.319 e. The lowest BCUT2D eigenvalue weighted by Crippen LogP contribution is -2.56. The van der Waals surface area contributed by atoms with Gasteiger partial charge in [-0.3, -0.25) is 14.7 Å². The molecule has 3 aromatic rings. The van der Waals surface area contributed by atoms with Gasteiger partial charge in [-0.25, -0.2) is 0 Å². The number of carbonyl (C=O) groups is 1. The van der Waals surface area contributed by atoms with E-state index < -0.39 is 17.5 Å². The van der Waals surface area contributed by atoms with Crippen LogP contribution in [0.15, 0.2) is 73.4 Å². The fraction of sp³-hybridized carbons (Fsp3) is 0.400. The molecule has 1 N–H and O–H groups in total. The molecule has 0 aliphatic carbocycles. The van der Waals surface area contributed by atoms with Crippen molar-refractivity contribution in [2.45, 2.75) is 37.3 Å². The summed E-state index contributed by atoms with van der Waals surface area (Å²) >= 11 is 0. The van der Waals surface area contributed by atoms with Gasteiger partial charge in [0.05, 0.1) is 25.3 Å². The second-order valence-corrected chi connectivity index (χ2v) is 10.2. The van der Waals surface area contributed by atoms with Crippen molar-refractivity contribution >= 4 is 16.9 Å². The molecule has 6 nitrogen and oxygen atoms in total. The van der Waals surface area contributed by atoms with Gasteiger partial charge in [0.15, 0.2) is 0 Å². The van der Waals surface area contributed by atoms with Gasteiger partial charge >= 0.3 is 5.97 Å². The number of rotatable bonds is 8. The fourth-order valence-electron chi connectivity index (χ4n) is 5.89. The van der Waals surface area contributed by atoms with E-state index in [0.29, 0.717) is 11.8 Å². The van der Waals surface area contributed by atoms with Crippen LogP contribution in [0.1, 0.15) is 37.0 Å². The summed E-state index contributed by atoms with van der Waals surface area (Å²) in [4.78, 5) is 20.8. The average Bonchev–Trinajstić information content (AvgIpc) is 2.95. The van der Waals surface area contributed by atoms with E-state index in [1.807, 2.05) is 54.6 Å². The van der Waals surface area contributed by atoms with Crippen LogP contribution in [0, 0.1) is 11.8 Å². The summed E-state index contributed by atoms with van der Waals surface area (Å²) in [7, 11) is 1.64. The van der Waals surface area contributed by atoms with Crippen molar-refractivity contribution in [1.82, 2.24) is 9.88 Å². The second kappa shape index (κ2) is 10.0. The van der Waals surface area contributed by atoms with E-state index in [2.05, 4.69) is 22.5 Å². The average molecular weight is 487 g/mol. The molecular formula is C30H34N2O4. The quantitative estimate of drug-likeness (QED) is 0.368. The number of hydrogen-bond donors (Lipinski definition) is 1. The topological polar surface area (TPSA) is 71.9 Å². The zero-order chi connectivity index (χ0) is 25.3. The normalized spacial score (nSPS) is 25.6. The van der Waals surface area contributed by atoms with Crippen LogP contribution >= 0.6 is 0 Å². The second-order valence-electron chi connectivity index (χ2n) is 10.2. The van der Waals surface area contributed by atoms with Gasteiger partial charge in [-0.15, -0.1) is 6.58 Å². The lowest BCUT2D eigenvalue weighted by Gasteiger charge is -2.51. The highest BCUT2D eigenvalue weighted by molar-refractivity contribution is 5.86. The Kier molecular flexibility index (Phi) is 6.82. The number of nitrogens with zero attached hydrogens (tertiary/aromatic N) is 2. The van der Waals surface area contributed by atoms with E-state index in [9.17, 15) is 9.90 Å². The number of aliphatic hydroxyl groups excluding tert-OH is 1. The number of carbonyl (C=O) groups excluding carboxylic acids is 1. The number of fused-ring (bicyclic) bond motifs is 4. The first-order chi connectivity index (χ1) is 17.5. The molecule has 6 atom stereocenters. The summed E-state index contributed by atoms with van der Waals surface area (Å²) in [5, 5.41) is 11.3. The van der Waals surface area contributed by atoms with Crippen LogP contribution in [0.3, 0.4) is 0 Å². The predicted octanol–water partition coefficient (Wildman–Crippen LogP) is 4.67. The molecule has 6 rings (SSSR count). The van der Waals surface area contributed by atoms with E-state index in [-0.39, 0.29) is 12.6 Å². The highest BCUT2D eigenvalue weighted by Gasteiger charge is 2.46. The molecule has 2 aromatic carbocycles. The van der Waals surface area contributed by atoms with Crippen molar-refractivity contribution in [3.63, 3.8) is 0 Å². The molecule has 0 amide bonds. The third kappa shape index (κ3) is 4.29. The number of esters is 1. The number of methoxy groups -OCH3 is 1. The first-order valence-electron chi connectivity index (χ1n) is 12.6. The Bertz CT molecular complexity index is 1250. The SMILES string of the molecule is C=C[C@H]1CN2CC[C@H]1C[C@H]2[C@H](OC(=O)C(C)(CO)c1ccccc1)c1ccnc2ccc(OC)cc12. The number of aromatic nitrogens is 1. The first kappa shape index (κ1) is 24.5. The molecule has 0 radical (unpaired) electrons. The number of hydrogen-bond acceptors (Lipinski definition) is 6. The van der Waals surface area contributed by atoms with Gasteiger partial charge in [-0.1, -0.05) is 36.4 Å². The molecular weight excluding hydrogens is 452 g/mol. The van der Waals surface area contributed by atoms with Gasteiger partial charge in [0.1, 0.15) is 17.3 Å². The van der Waals surface area contributed by atoms with Crippen LogP contribution in [0.5, 0.6) is 5.75 Å². The molecule has 0 saturated carbocycles. The van der Waals surface area contributed by atoms with E-state index in [1.165, 1.54) is 0 Å². The third-order valence-corrected chi connectivity index (χ3v) is 8.20. The zero-order valence-corrected chi connectivity index (χ0v) is 21.0. The van der Waals surface area contributed by atoms with Crippen molar-refractivity contribution < 1.29 is 19.4 Å². The molecule has 36 heavy (non-hydrogen) atoms. The first-order valence-corrected chi connectivity index (χ1v) is 12.6. The maximum absolute atomic E-state index is 13.9. The van der Waals surface area contributed by atoms with Crippen LogP contribution in [-0.4, -0.2) is 53.8 Å². The molecule has 3 aliphatic rings. The molecule has 2 unspecified atom stereocenters. The van der Waals surface area contributed by atoms with Gasteiger partial charge in [-0.2, -0.15) is 0 Å². The standard InChI is InChI=1S/C30H34N2O4/c1-4-20-18-32-15-13-21(20)16-27(32)28(24-12-14-31-26-11-10-23(35-3)17-25(24)26)36-29(34)30(2,19-33)22-8-6-5-7-9-22/h4-12,14,17,20-21,27-28,33H,1,13,15-16,18-19H2,2-3H3/t20-,21-,27-,28+,30?/m0/s1. The third-order valence-electron chi connectivity index (χ3n) is 8.20. The van der Waals surface area contributed by atoms with E-state index in [4.69, 9.17) is 9.47 Å². The molecule has 2 bridgehead atoms. The highest BCUT2D eigenvalue weighted by Crippen LogP contribution is 2.44. The molecule has 3 saturated heterocycles. The Morgan fingerprint density at radius 2 is 2.08 bits per heavy atom. The number of benzene rings is 2. The summed E-state index contributed by atoms with van der Waals surface area (Å²) in [6.45, 7) is 7.34. The van der Waals surface area contributed by atoms with Crippen LogP contribution in [0.25, 0.3) is 10.9 Å². The molecule has 6 heteroatoms. The summed E-state index contributed by atoms with van der Waals surface area (Å²) in [5.41, 5.74) is 1.29. The summed E-state index contributed by atoms with van der Waals surface area (Å²) in [6.07, 6.45) is 5.37. The van der Waals surface area contributed by atoms with E-state index in [0.717, 1.165) is 53.7 Å². The molecule has 0 spiro atoms. The minimum Gasteiger partial charge on any atom is -0.497 e. The highest BCUT2D eigenvalue weighted by atomic mass is 16.5. The lowest BCUT2D eigenvalue weighted by molar-refractivity contribution is -0.165. The number of pyridine rings is 1. The molecule has 188 valence electrons. The Labute approximate surface area is 212 Å². The Morgan fingerprint density at radius 1 is 1.28 bits per heavy atom.